The molecule has 0 spiro atoms. The summed E-state index contributed by atoms with van der Waals surface area (Å²) in [5, 5.41) is 26.7. The van der Waals surface area contributed by atoms with Gasteiger partial charge in [-0.3, -0.25) is 4.79 Å². The number of hydrogen-bond acceptors (Lipinski definition) is 5. The van der Waals surface area contributed by atoms with Crippen LogP contribution in [0, 0.1) is 0 Å². The lowest BCUT2D eigenvalue weighted by atomic mass is 10.1. The SMILES string of the molecule is O=C1CC[C@@H]([C@@H](O)[C@@H](O)CO)S1. The third kappa shape index (κ3) is 2.20. The first-order valence-corrected chi connectivity index (χ1v) is 4.69. The van der Waals surface area contributed by atoms with Gasteiger partial charge in [-0.2, -0.15) is 0 Å². The first kappa shape index (κ1) is 9.98. The second-order valence-electron chi connectivity index (χ2n) is 2.81. The highest BCUT2D eigenvalue weighted by Gasteiger charge is 2.32. The molecule has 1 fully saturated rings. The number of aliphatic hydroxyl groups is 3. The molecule has 1 aliphatic rings. The van der Waals surface area contributed by atoms with E-state index in [0.717, 1.165) is 11.8 Å². The summed E-state index contributed by atoms with van der Waals surface area (Å²) in [7, 11) is 0. The van der Waals surface area contributed by atoms with Crippen molar-refractivity contribution in [3.05, 3.63) is 0 Å². The van der Waals surface area contributed by atoms with Crippen molar-refractivity contribution < 1.29 is 20.1 Å². The molecule has 0 aliphatic carbocycles. The summed E-state index contributed by atoms with van der Waals surface area (Å²) in [6, 6.07) is 0. The van der Waals surface area contributed by atoms with Gasteiger partial charge in [0.05, 0.1) is 12.7 Å². The number of carbonyl (C=O) groups is 1. The van der Waals surface area contributed by atoms with Gasteiger partial charge in [-0.15, -0.1) is 0 Å². The van der Waals surface area contributed by atoms with Crippen LogP contribution in [0.3, 0.4) is 0 Å². The van der Waals surface area contributed by atoms with Gasteiger partial charge in [-0.25, -0.2) is 0 Å². The Morgan fingerprint density at radius 1 is 1.58 bits per heavy atom. The molecule has 0 aromatic carbocycles. The van der Waals surface area contributed by atoms with E-state index in [1.165, 1.54) is 0 Å². The molecule has 0 amide bonds. The van der Waals surface area contributed by atoms with Crippen molar-refractivity contribution >= 4 is 16.9 Å². The summed E-state index contributed by atoms with van der Waals surface area (Å²) >= 11 is 1.06. The predicted octanol–water partition coefficient (Wildman–Crippen LogP) is -0.877. The number of aliphatic hydroxyl groups excluding tert-OH is 3. The number of hydrogen-bond donors (Lipinski definition) is 3. The molecule has 70 valence electrons. The van der Waals surface area contributed by atoms with Crippen LogP contribution in [0.4, 0.5) is 0 Å². The zero-order valence-corrected chi connectivity index (χ0v) is 7.33. The molecule has 1 heterocycles. The Balaban J connectivity index is 2.42. The van der Waals surface area contributed by atoms with Gasteiger partial charge in [0.25, 0.3) is 0 Å². The second kappa shape index (κ2) is 4.23. The van der Waals surface area contributed by atoms with Crippen molar-refractivity contribution in [2.75, 3.05) is 6.61 Å². The predicted molar refractivity (Wildman–Crippen MR) is 44.7 cm³/mol. The Labute approximate surface area is 74.6 Å². The zero-order valence-electron chi connectivity index (χ0n) is 6.51. The Kier molecular flexibility index (Phi) is 3.52. The maximum atomic E-state index is 10.8. The van der Waals surface area contributed by atoms with Crippen LogP contribution in [0.2, 0.25) is 0 Å². The van der Waals surface area contributed by atoms with Gasteiger partial charge in [0.1, 0.15) is 6.10 Å². The fourth-order valence-electron chi connectivity index (χ4n) is 1.14. The standard InChI is InChI=1S/C7H12O4S/c8-3-4(9)7(11)5-1-2-6(10)12-5/h4-5,7-9,11H,1-3H2/t4-,5-,7-/m0/s1. The van der Waals surface area contributed by atoms with Gasteiger partial charge in [-0.05, 0) is 6.42 Å². The smallest absolute Gasteiger partial charge is 0.189 e. The first-order chi connectivity index (χ1) is 5.65. The van der Waals surface area contributed by atoms with Gasteiger partial charge >= 0.3 is 0 Å². The van der Waals surface area contributed by atoms with E-state index >= 15 is 0 Å². The van der Waals surface area contributed by atoms with Crippen LogP contribution in [-0.4, -0.2) is 44.5 Å². The van der Waals surface area contributed by atoms with Crippen molar-refractivity contribution in [1.82, 2.24) is 0 Å². The van der Waals surface area contributed by atoms with Crippen LogP contribution in [0.5, 0.6) is 0 Å². The molecule has 0 aromatic rings. The van der Waals surface area contributed by atoms with E-state index in [-0.39, 0.29) is 10.4 Å². The van der Waals surface area contributed by atoms with Crippen LogP contribution in [-0.2, 0) is 4.79 Å². The lowest BCUT2D eigenvalue weighted by molar-refractivity contribution is -0.110. The van der Waals surface area contributed by atoms with Crippen LogP contribution in [0.15, 0.2) is 0 Å². The second-order valence-corrected chi connectivity index (χ2v) is 4.10. The Bertz CT molecular complexity index is 173. The topological polar surface area (TPSA) is 77.8 Å². The molecular weight excluding hydrogens is 180 g/mol. The van der Waals surface area contributed by atoms with Crippen molar-refractivity contribution in [1.29, 1.82) is 0 Å². The molecule has 1 saturated heterocycles. The third-order valence-electron chi connectivity index (χ3n) is 1.88. The normalized spacial score (nSPS) is 28.9. The molecule has 3 N–H and O–H groups in total. The van der Waals surface area contributed by atoms with Crippen molar-refractivity contribution in [2.24, 2.45) is 0 Å². The molecule has 0 unspecified atom stereocenters. The number of rotatable bonds is 3. The van der Waals surface area contributed by atoms with Crippen LogP contribution < -0.4 is 0 Å². The molecule has 3 atom stereocenters. The van der Waals surface area contributed by atoms with Crippen molar-refractivity contribution in [3.8, 4) is 0 Å². The van der Waals surface area contributed by atoms with E-state index in [0.29, 0.717) is 12.8 Å². The minimum atomic E-state index is -1.13. The average Bonchev–Trinajstić information content (AvgIpc) is 2.49. The quantitative estimate of drug-likeness (QED) is 0.541. The summed E-state index contributed by atoms with van der Waals surface area (Å²) in [4.78, 5) is 10.8. The summed E-state index contributed by atoms with van der Waals surface area (Å²) in [6.45, 7) is -0.466. The highest BCUT2D eigenvalue weighted by Crippen LogP contribution is 2.31. The molecule has 0 aromatic heterocycles. The van der Waals surface area contributed by atoms with Gasteiger partial charge < -0.3 is 15.3 Å². The fraction of sp³-hybridized carbons (Fsp3) is 0.857. The molecule has 12 heavy (non-hydrogen) atoms. The van der Waals surface area contributed by atoms with Crippen LogP contribution in [0.25, 0.3) is 0 Å². The summed E-state index contributed by atoms with van der Waals surface area (Å²) < 4.78 is 0. The third-order valence-corrected chi connectivity index (χ3v) is 3.16. The van der Waals surface area contributed by atoms with E-state index in [2.05, 4.69) is 0 Å². The lowest BCUT2D eigenvalue weighted by Crippen LogP contribution is -2.36. The molecule has 0 saturated carbocycles. The Morgan fingerprint density at radius 2 is 2.25 bits per heavy atom. The van der Waals surface area contributed by atoms with Crippen LogP contribution in [0.1, 0.15) is 12.8 Å². The van der Waals surface area contributed by atoms with E-state index in [1.54, 1.807) is 0 Å². The monoisotopic (exact) mass is 192 g/mol. The van der Waals surface area contributed by atoms with Gasteiger partial charge in [-0.1, -0.05) is 11.8 Å². The lowest BCUT2D eigenvalue weighted by Gasteiger charge is -2.19. The van der Waals surface area contributed by atoms with E-state index in [9.17, 15) is 9.90 Å². The zero-order chi connectivity index (χ0) is 9.14. The maximum absolute atomic E-state index is 10.8. The summed E-state index contributed by atoms with van der Waals surface area (Å²) in [5.41, 5.74) is 0. The molecule has 1 aliphatic heterocycles. The Hall–Kier alpha value is -0.100. The molecule has 4 nitrogen and oxygen atoms in total. The first-order valence-electron chi connectivity index (χ1n) is 3.81. The van der Waals surface area contributed by atoms with E-state index in [1.807, 2.05) is 0 Å². The van der Waals surface area contributed by atoms with Gasteiger partial charge in [0, 0.05) is 11.7 Å². The number of carbonyl (C=O) groups excluding carboxylic acids is 1. The summed E-state index contributed by atoms with van der Waals surface area (Å²) in [5.74, 6) is 0. The van der Waals surface area contributed by atoms with Gasteiger partial charge in [0.15, 0.2) is 5.12 Å². The maximum Gasteiger partial charge on any atom is 0.189 e. The molecule has 0 bridgehead atoms. The van der Waals surface area contributed by atoms with Crippen molar-refractivity contribution in [2.45, 2.75) is 30.3 Å². The largest absolute Gasteiger partial charge is 0.394 e. The average molecular weight is 192 g/mol. The highest BCUT2D eigenvalue weighted by molar-refractivity contribution is 8.14. The molecule has 5 heteroatoms. The highest BCUT2D eigenvalue weighted by atomic mass is 32.2. The van der Waals surface area contributed by atoms with Crippen molar-refractivity contribution in [3.63, 3.8) is 0 Å². The molecule has 0 radical (unpaired) electrons. The van der Waals surface area contributed by atoms with E-state index < -0.39 is 18.8 Å². The fourth-order valence-corrected chi connectivity index (χ4v) is 2.27. The molecular formula is C7H12O4S. The number of thioether (sulfide) groups is 1. The van der Waals surface area contributed by atoms with Gasteiger partial charge in [0.2, 0.25) is 0 Å². The minimum absolute atomic E-state index is 0.0455. The van der Waals surface area contributed by atoms with E-state index in [4.69, 9.17) is 10.2 Å². The molecule has 1 rings (SSSR count). The van der Waals surface area contributed by atoms with Crippen LogP contribution >= 0.6 is 11.8 Å². The summed E-state index contributed by atoms with van der Waals surface area (Å²) in [6.07, 6.45) is -1.09. The Morgan fingerprint density at radius 3 is 2.67 bits per heavy atom. The minimum Gasteiger partial charge on any atom is -0.394 e.